The molecule has 3 rings (SSSR count). The van der Waals surface area contributed by atoms with E-state index < -0.39 is 10.7 Å². The number of hydrogen-bond donors (Lipinski definition) is 2. The predicted octanol–water partition coefficient (Wildman–Crippen LogP) is 2.81. The molecule has 0 radical (unpaired) electrons. The highest BCUT2D eigenvalue weighted by Crippen LogP contribution is 2.28. The first-order valence-corrected chi connectivity index (χ1v) is 9.76. The van der Waals surface area contributed by atoms with Gasteiger partial charge in [-0.3, -0.25) is 20.3 Å². The first-order valence-electron chi connectivity index (χ1n) is 9.76. The van der Waals surface area contributed by atoms with Gasteiger partial charge in [-0.05, 0) is 26.0 Å². The van der Waals surface area contributed by atoms with Gasteiger partial charge in [0.05, 0.1) is 11.0 Å². The average molecular weight is 432 g/mol. The molecule has 2 aromatic rings. The van der Waals surface area contributed by atoms with E-state index in [-0.39, 0.29) is 34.6 Å². The number of nitro benzene ring substituents is 1. The zero-order valence-electron chi connectivity index (χ0n) is 17.4. The molecule has 1 fully saturated rings. The Bertz CT molecular complexity index is 957. The molecule has 2 heterocycles. The number of ether oxygens (including phenoxy) is 1. The average Bonchev–Trinajstić information content (AvgIpc) is 2.69. The number of piperazine rings is 1. The van der Waals surface area contributed by atoms with Crippen LogP contribution < -0.4 is 15.8 Å². The molecule has 1 aliphatic heterocycles. The van der Waals surface area contributed by atoms with Crippen LogP contribution in [-0.2, 0) is 0 Å². The van der Waals surface area contributed by atoms with E-state index in [9.17, 15) is 19.3 Å². The molecule has 10 nitrogen and oxygen atoms in total. The van der Waals surface area contributed by atoms with Gasteiger partial charge in [0.1, 0.15) is 11.6 Å². The van der Waals surface area contributed by atoms with E-state index in [1.165, 1.54) is 24.4 Å². The van der Waals surface area contributed by atoms with Gasteiger partial charge in [0.2, 0.25) is 0 Å². The molecule has 1 aliphatic rings. The topological polar surface area (TPSA) is 127 Å². The molecule has 2 amide bonds. The third kappa shape index (κ3) is 6.33. The van der Waals surface area contributed by atoms with Crippen molar-refractivity contribution >= 4 is 17.5 Å². The number of hydrogen-bond acceptors (Lipinski definition) is 7. The number of benzene rings is 1. The van der Waals surface area contributed by atoms with Gasteiger partial charge in [0.15, 0.2) is 11.6 Å². The molecule has 1 saturated heterocycles. The Kier molecular flexibility index (Phi) is 6.66. The van der Waals surface area contributed by atoms with Crippen molar-refractivity contribution in [3.63, 3.8) is 0 Å². The Morgan fingerprint density at radius 3 is 2.61 bits per heavy atom. The first-order chi connectivity index (χ1) is 14.6. The fraction of sp³-hybridized carbons (Fsp3) is 0.400. The van der Waals surface area contributed by atoms with Gasteiger partial charge in [0.25, 0.3) is 5.69 Å². The number of pyridine rings is 1. The maximum absolute atomic E-state index is 14.1. The zero-order valence-corrected chi connectivity index (χ0v) is 17.4. The number of urea groups is 1. The Labute approximate surface area is 178 Å². The minimum Gasteiger partial charge on any atom is -0.454 e. The van der Waals surface area contributed by atoms with E-state index in [0.29, 0.717) is 13.1 Å². The maximum Gasteiger partial charge on any atom is 0.323 e. The molecule has 0 bridgehead atoms. The van der Waals surface area contributed by atoms with Crippen LogP contribution in [0.5, 0.6) is 11.5 Å². The number of halogens is 1. The smallest absolute Gasteiger partial charge is 0.323 e. The zero-order chi connectivity index (χ0) is 22.6. The summed E-state index contributed by atoms with van der Waals surface area (Å²) in [6.45, 7) is 7.26. The number of rotatable bonds is 6. The highest BCUT2D eigenvalue weighted by atomic mass is 19.1. The second kappa shape index (κ2) is 9.23. The van der Waals surface area contributed by atoms with Crippen LogP contribution in [0, 0.1) is 15.9 Å². The first kappa shape index (κ1) is 22.4. The summed E-state index contributed by atoms with van der Waals surface area (Å²) in [6, 6.07) is 5.75. The summed E-state index contributed by atoms with van der Waals surface area (Å²) in [6.07, 6.45) is 1.41. The number of nitrogens with two attached hydrogens (primary N) is 1. The van der Waals surface area contributed by atoms with Gasteiger partial charge >= 0.3 is 6.03 Å². The van der Waals surface area contributed by atoms with Crippen molar-refractivity contribution in [2.75, 3.05) is 38.0 Å². The van der Waals surface area contributed by atoms with Crippen molar-refractivity contribution < 1.29 is 18.8 Å². The number of aromatic nitrogens is 1. The second-order valence-electron chi connectivity index (χ2n) is 8.03. The Morgan fingerprint density at radius 2 is 2.00 bits per heavy atom. The second-order valence-corrected chi connectivity index (χ2v) is 8.03. The summed E-state index contributed by atoms with van der Waals surface area (Å²) < 4.78 is 19.5. The van der Waals surface area contributed by atoms with Crippen LogP contribution in [0.25, 0.3) is 0 Å². The lowest BCUT2D eigenvalue weighted by Crippen LogP contribution is -2.54. The largest absolute Gasteiger partial charge is 0.454 e. The van der Waals surface area contributed by atoms with Gasteiger partial charge in [-0.2, -0.15) is 0 Å². The van der Waals surface area contributed by atoms with E-state index in [1.54, 1.807) is 4.90 Å². The summed E-state index contributed by atoms with van der Waals surface area (Å²) in [7, 11) is 0. The van der Waals surface area contributed by atoms with Crippen molar-refractivity contribution in [2.45, 2.75) is 19.4 Å². The van der Waals surface area contributed by atoms with Gasteiger partial charge in [-0.15, -0.1) is 0 Å². The van der Waals surface area contributed by atoms with Gasteiger partial charge in [-0.1, -0.05) is 0 Å². The summed E-state index contributed by atoms with van der Waals surface area (Å²) >= 11 is 0. The van der Waals surface area contributed by atoms with Crippen LogP contribution in [-0.4, -0.2) is 64.0 Å². The fourth-order valence-electron chi connectivity index (χ4n) is 3.23. The monoisotopic (exact) mass is 432 g/mol. The lowest BCUT2D eigenvalue weighted by molar-refractivity contribution is -0.385. The molecule has 0 aliphatic carbocycles. The highest BCUT2D eigenvalue weighted by molar-refractivity contribution is 5.88. The van der Waals surface area contributed by atoms with Crippen LogP contribution in [0.2, 0.25) is 0 Å². The minimum absolute atomic E-state index is 0.173. The SMILES string of the molecule is CC(C)(N)CN1CCN(C(=O)Nc2cc(Oc3ccc([N+](=O)[O-])cc3F)ccn2)CC1. The Balaban J connectivity index is 1.58. The number of nitro groups is 1. The fourth-order valence-corrected chi connectivity index (χ4v) is 3.23. The van der Waals surface area contributed by atoms with E-state index in [4.69, 9.17) is 10.5 Å². The predicted molar refractivity (Wildman–Crippen MR) is 113 cm³/mol. The molecule has 166 valence electrons. The molecule has 3 N–H and O–H groups in total. The number of carbonyl (C=O) groups is 1. The van der Waals surface area contributed by atoms with Crippen LogP contribution in [0.4, 0.5) is 20.7 Å². The molecule has 0 saturated carbocycles. The number of nitrogens with one attached hydrogen (secondary N) is 1. The molecule has 0 unspecified atom stereocenters. The molecular formula is C20H25FN6O4. The van der Waals surface area contributed by atoms with Gasteiger partial charge < -0.3 is 15.4 Å². The van der Waals surface area contributed by atoms with E-state index in [1.807, 2.05) is 13.8 Å². The van der Waals surface area contributed by atoms with Crippen molar-refractivity contribution in [2.24, 2.45) is 5.73 Å². The number of anilines is 1. The lowest BCUT2D eigenvalue weighted by atomic mass is 10.1. The lowest BCUT2D eigenvalue weighted by Gasteiger charge is -2.37. The normalized spacial score (nSPS) is 14.9. The van der Waals surface area contributed by atoms with Crippen molar-refractivity contribution in [3.05, 3.63) is 52.5 Å². The van der Waals surface area contributed by atoms with Crippen LogP contribution >= 0.6 is 0 Å². The number of nitrogens with zero attached hydrogens (tertiary/aromatic N) is 4. The van der Waals surface area contributed by atoms with Crippen molar-refractivity contribution in [1.82, 2.24) is 14.8 Å². The highest BCUT2D eigenvalue weighted by Gasteiger charge is 2.24. The van der Waals surface area contributed by atoms with E-state index in [2.05, 4.69) is 15.2 Å². The molecule has 0 spiro atoms. The quantitative estimate of drug-likeness (QED) is 0.531. The number of carbonyl (C=O) groups excluding carboxylic acids is 1. The molecule has 1 aromatic carbocycles. The Morgan fingerprint density at radius 1 is 1.29 bits per heavy atom. The molecule has 11 heteroatoms. The van der Waals surface area contributed by atoms with E-state index >= 15 is 0 Å². The summed E-state index contributed by atoms with van der Waals surface area (Å²) in [5.74, 6) is -0.563. The van der Waals surface area contributed by atoms with Gasteiger partial charge in [-0.25, -0.2) is 14.2 Å². The number of amides is 2. The Hall–Kier alpha value is -3.31. The van der Waals surface area contributed by atoms with Crippen molar-refractivity contribution in [3.8, 4) is 11.5 Å². The van der Waals surface area contributed by atoms with Crippen LogP contribution in [0.15, 0.2) is 36.5 Å². The molecule has 31 heavy (non-hydrogen) atoms. The van der Waals surface area contributed by atoms with Crippen molar-refractivity contribution in [1.29, 1.82) is 0 Å². The standard InChI is InChI=1S/C20H25FN6O4/c1-20(2,22)13-25-7-9-26(10-8-25)19(28)24-18-12-15(5-6-23-18)31-17-4-3-14(27(29)30)11-16(17)21/h3-6,11-12H,7-10,13,22H2,1-2H3,(H,23,24,28). The van der Waals surface area contributed by atoms with E-state index in [0.717, 1.165) is 31.8 Å². The summed E-state index contributed by atoms with van der Waals surface area (Å²) in [4.78, 5) is 30.6. The summed E-state index contributed by atoms with van der Waals surface area (Å²) in [5.41, 5.74) is 5.39. The molecule has 0 atom stereocenters. The van der Waals surface area contributed by atoms with Crippen LogP contribution in [0.1, 0.15) is 13.8 Å². The third-order valence-electron chi connectivity index (χ3n) is 4.61. The molecule has 1 aromatic heterocycles. The summed E-state index contributed by atoms with van der Waals surface area (Å²) in [5, 5.41) is 13.4. The molecular weight excluding hydrogens is 407 g/mol. The third-order valence-corrected chi connectivity index (χ3v) is 4.61. The van der Waals surface area contributed by atoms with Gasteiger partial charge in [0, 0.05) is 56.6 Å². The number of non-ortho nitro benzene ring substituents is 1. The maximum atomic E-state index is 14.1. The minimum atomic E-state index is -0.866. The van der Waals surface area contributed by atoms with Crippen LogP contribution in [0.3, 0.4) is 0 Å².